The smallest absolute Gasteiger partial charge is 0.134 e. The third kappa shape index (κ3) is 3.71. The second-order valence-corrected chi connectivity index (χ2v) is 7.50. The lowest BCUT2D eigenvalue weighted by atomic mass is 10.0. The maximum absolute atomic E-state index is 4.90. The Morgan fingerprint density at radius 3 is 2.81 bits per heavy atom. The SMILES string of the molecule is C=C(Nc1ccnc(-c2ccccn2)c1C)c1n[nH]c2ccc(C3=CCNCC3)nc12. The molecular formula is C24H23N7. The molecule has 0 unspecified atom stereocenters. The van der Waals surface area contributed by atoms with Crippen LogP contribution in [-0.2, 0) is 0 Å². The summed E-state index contributed by atoms with van der Waals surface area (Å²) in [5, 5.41) is 14.3. The van der Waals surface area contributed by atoms with Crippen molar-refractivity contribution in [1.29, 1.82) is 0 Å². The first-order valence-electron chi connectivity index (χ1n) is 10.3. The van der Waals surface area contributed by atoms with Crippen molar-refractivity contribution in [3.63, 3.8) is 0 Å². The number of anilines is 1. The van der Waals surface area contributed by atoms with E-state index in [1.54, 1.807) is 12.4 Å². The zero-order valence-corrected chi connectivity index (χ0v) is 17.3. The molecule has 1 aliphatic heterocycles. The van der Waals surface area contributed by atoms with Crippen molar-refractivity contribution in [2.75, 3.05) is 18.4 Å². The Labute approximate surface area is 180 Å². The van der Waals surface area contributed by atoms with E-state index >= 15 is 0 Å². The zero-order chi connectivity index (χ0) is 21.2. The van der Waals surface area contributed by atoms with Crippen molar-refractivity contribution in [3.05, 3.63) is 78.4 Å². The standard InChI is InChI=1S/C24H23N7/c1-15-18(10-14-27-22(15)20-5-3-4-11-26-20)28-16(2)23-24-21(30-31-23)7-6-19(29-24)17-8-12-25-13-9-17/h3-8,10-11,14,25H,2,9,12-13H2,1H3,(H,27,28)(H,30,31). The number of pyridine rings is 3. The van der Waals surface area contributed by atoms with Gasteiger partial charge in [0.1, 0.15) is 11.2 Å². The molecule has 7 nitrogen and oxygen atoms in total. The van der Waals surface area contributed by atoms with Crippen LogP contribution < -0.4 is 10.6 Å². The Morgan fingerprint density at radius 1 is 1.06 bits per heavy atom. The van der Waals surface area contributed by atoms with Crippen molar-refractivity contribution >= 4 is 28.0 Å². The number of hydrogen-bond acceptors (Lipinski definition) is 6. The average molecular weight is 409 g/mol. The summed E-state index contributed by atoms with van der Waals surface area (Å²) < 4.78 is 0. The van der Waals surface area contributed by atoms with Crippen LogP contribution >= 0.6 is 0 Å². The van der Waals surface area contributed by atoms with E-state index < -0.39 is 0 Å². The van der Waals surface area contributed by atoms with Gasteiger partial charge in [-0.15, -0.1) is 0 Å². The van der Waals surface area contributed by atoms with Crippen molar-refractivity contribution in [2.24, 2.45) is 0 Å². The Hall–Kier alpha value is -3.84. The van der Waals surface area contributed by atoms with E-state index in [1.165, 1.54) is 5.57 Å². The highest BCUT2D eigenvalue weighted by Crippen LogP contribution is 2.29. The number of nitrogens with zero attached hydrogens (tertiary/aromatic N) is 4. The molecule has 4 aromatic heterocycles. The number of hydrogen-bond donors (Lipinski definition) is 3. The summed E-state index contributed by atoms with van der Waals surface area (Å²) in [6.07, 6.45) is 6.71. The summed E-state index contributed by atoms with van der Waals surface area (Å²) in [7, 11) is 0. The van der Waals surface area contributed by atoms with Gasteiger partial charge in [-0.1, -0.05) is 18.7 Å². The molecule has 0 fully saturated rings. The summed E-state index contributed by atoms with van der Waals surface area (Å²) in [6, 6.07) is 11.8. The molecule has 0 amide bonds. The minimum absolute atomic E-state index is 0.677. The van der Waals surface area contributed by atoms with Crippen molar-refractivity contribution in [1.82, 2.24) is 30.5 Å². The topological polar surface area (TPSA) is 91.4 Å². The molecule has 31 heavy (non-hydrogen) atoms. The molecule has 154 valence electrons. The van der Waals surface area contributed by atoms with Crippen LogP contribution in [0.1, 0.15) is 23.4 Å². The highest BCUT2D eigenvalue weighted by atomic mass is 15.1. The van der Waals surface area contributed by atoms with Gasteiger partial charge in [0.25, 0.3) is 0 Å². The first-order chi connectivity index (χ1) is 15.2. The van der Waals surface area contributed by atoms with Gasteiger partial charge in [-0.2, -0.15) is 5.10 Å². The molecule has 4 aromatic rings. The van der Waals surface area contributed by atoms with E-state index in [1.807, 2.05) is 43.3 Å². The van der Waals surface area contributed by atoms with Gasteiger partial charge in [0, 0.05) is 30.2 Å². The average Bonchev–Trinajstić information content (AvgIpc) is 3.25. The molecule has 0 bridgehead atoms. The summed E-state index contributed by atoms with van der Waals surface area (Å²) in [5.74, 6) is 0. The largest absolute Gasteiger partial charge is 0.354 e. The predicted molar refractivity (Wildman–Crippen MR) is 124 cm³/mol. The monoisotopic (exact) mass is 409 g/mol. The fourth-order valence-corrected chi connectivity index (χ4v) is 3.80. The van der Waals surface area contributed by atoms with Crippen LogP contribution in [0, 0.1) is 6.92 Å². The van der Waals surface area contributed by atoms with E-state index in [4.69, 9.17) is 4.98 Å². The second kappa shape index (κ2) is 8.12. The molecule has 7 heteroatoms. The van der Waals surface area contributed by atoms with Gasteiger partial charge in [0.15, 0.2) is 0 Å². The Morgan fingerprint density at radius 2 is 2.00 bits per heavy atom. The molecule has 0 aliphatic carbocycles. The molecule has 0 saturated carbocycles. The first kappa shape index (κ1) is 19.1. The molecule has 0 radical (unpaired) electrons. The fourth-order valence-electron chi connectivity index (χ4n) is 3.80. The zero-order valence-electron chi connectivity index (χ0n) is 17.3. The van der Waals surface area contributed by atoms with Crippen LogP contribution in [-0.4, -0.2) is 38.2 Å². The number of H-pyrrole nitrogens is 1. The Kier molecular flexibility index (Phi) is 5.01. The molecule has 0 spiro atoms. The van der Waals surface area contributed by atoms with Crippen molar-refractivity contribution in [3.8, 4) is 11.4 Å². The van der Waals surface area contributed by atoms with E-state index in [0.717, 1.165) is 58.9 Å². The van der Waals surface area contributed by atoms with Gasteiger partial charge in [0.05, 0.1) is 28.3 Å². The molecule has 0 atom stereocenters. The second-order valence-electron chi connectivity index (χ2n) is 7.50. The van der Waals surface area contributed by atoms with Gasteiger partial charge in [-0.05, 0) is 55.8 Å². The highest BCUT2D eigenvalue weighted by Gasteiger charge is 2.16. The lowest BCUT2D eigenvalue weighted by Gasteiger charge is -2.14. The quantitative estimate of drug-likeness (QED) is 0.458. The molecule has 0 saturated heterocycles. The van der Waals surface area contributed by atoms with Gasteiger partial charge in [-0.25, -0.2) is 4.98 Å². The van der Waals surface area contributed by atoms with E-state index in [-0.39, 0.29) is 0 Å². The molecule has 3 N–H and O–H groups in total. The lowest BCUT2D eigenvalue weighted by Crippen LogP contribution is -2.20. The fraction of sp³-hybridized carbons (Fsp3) is 0.167. The normalized spacial score (nSPS) is 13.8. The summed E-state index contributed by atoms with van der Waals surface area (Å²) in [6.45, 7) is 8.10. The number of fused-ring (bicyclic) bond motifs is 1. The molecule has 0 aromatic carbocycles. The van der Waals surface area contributed by atoms with Crippen LogP contribution in [0.15, 0.2) is 61.4 Å². The van der Waals surface area contributed by atoms with E-state index in [2.05, 4.69) is 43.5 Å². The number of nitrogens with one attached hydrogen (secondary N) is 3. The first-order valence-corrected chi connectivity index (χ1v) is 10.3. The molecular weight excluding hydrogens is 386 g/mol. The number of aromatic amines is 1. The van der Waals surface area contributed by atoms with Crippen LogP contribution in [0.4, 0.5) is 5.69 Å². The minimum atomic E-state index is 0.677. The van der Waals surface area contributed by atoms with Crippen molar-refractivity contribution in [2.45, 2.75) is 13.3 Å². The van der Waals surface area contributed by atoms with Crippen LogP contribution in [0.3, 0.4) is 0 Å². The van der Waals surface area contributed by atoms with Crippen LogP contribution in [0.25, 0.3) is 33.7 Å². The highest BCUT2D eigenvalue weighted by molar-refractivity contribution is 5.91. The van der Waals surface area contributed by atoms with Gasteiger partial charge < -0.3 is 10.6 Å². The van der Waals surface area contributed by atoms with Crippen molar-refractivity contribution < 1.29 is 0 Å². The van der Waals surface area contributed by atoms with E-state index in [0.29, 0.717) is 11.4 Å². The Bertz CT molecular complexity index is 1290. The lowest BCUT2D eigenvalue weighted by molar-refractivity contribution is 0.737. The van der Waals surface area contributed by atoms with Gasteiger partial charge in [0.2, 0.25) is 0 Å². The third-order valence-electron chi connectivity index (χ3n) is 5.48. The van der Waals surface area contributed by atoms with Gasteiger partial charge >= 0.3 is 0 Å². The summed E-state index contributed by atoms with van der Waals surface area (Å²) in [4.78, 5) is 13.8. The molecule has 5 heterocycles. The predicted octanol–water partition coefficient (Wildman–Crippen LogP) is 4.18. The number of aromatic nitrogens is 5. The third-order valence-corrected chi connectivity index (χ3v) is 5.48. The Balaban J connectivity index is 1.47. The van der Waals surface area contributed by atoms with E-state index in [9.17, 15) is 0 Å². The molecule has 5 rings (SSSR count). The summed E-state index contributed by atoms with van der Waals surface area (Å²) in [5.41, 5.74) is 8.91. The maximum Gasteiger partial charge on any atom is 0.134 e. The summed E-state index contributed by atoms with van der Waals surface area (Å²) >= 11 is 0. The maximum atomic E-state index is 4.90. The van der Waals surface area contributed by atoms with Crippen LogP contribution in [0.2, 0.25) is 0 Å². The number of rotatable bonds is 5. The van der Waals surface area contributed by atoms with Crippen LogP contribution in [0.5, 0.6) is 0 Å². The van der Waals surface area contributed by atoms with Gasteiger partial charge in [-0.3, -0.25) is 15.1 Å². The minimum Gasteiger partial charge on any atom is -0.354 e. The molecule has 1 aliphatic rings.